The molecule has 7 nitrogen and oxygen atoms in total. The smallest absolute Gasteiger partial charge is 0.256 e. The second kappa shape index (κ2) is 8.12. The van der Waals surface area contributed by atoms with Crippen molar-refractivity contribution in [3.8, 4) is 6.07 Å². The maximum Gasteiger partial charge on any atom is 0.256 e. The molecule has 2 N–H and O–H groups in total. The number of rotatable bonds is 6. The van der Waals surface area contributed by atoms with Gasteiger partial charge in [0.05, 0.1) is 17.4 Å². The molecule has 2 amide bonds. The summed E-state index contributed by atoms with van der Waals surface area (Å²) in [6.07, 6.45) is 3.50. The van der Waals surface area contributed by atoms with E-state index in [1.165, 1.54) is 31.2 Å². The number of hydrogen-bond donors (Lipinski definition) is 2. The molecule has 1 atom stereocenters. The van der Waals surface area contributed by atoms with Crippen molar-refractivity contribution in [1.82, 2.24) is 10.0 Å². The first kappa shape index (κ1) is 18.9. The van der Waals surface area contributed by atoms with Crippen molar-refractivity contribution in [3.05, 3.63) is 35.4 Å². The van der Waals surface area contributed by atoms with Gasteiger partial charge in [0.25, 0.3) is 5.91 Å². The van der Waals surface area contributed by atoms with Gasteiger partial charge in [-0.05, 0) is 36.5 Å². The Morgan fingerprint density at radius 3 is 2.36 bits per heavy atom. The van der Waals surface area contributed by atoms with Crippen LogP contribution in [-0.4, -0.2) is 26.3 Å². The Bertz CT molecular complexity index is 775. The number of nitrogens with one attached hydrogen (secondary N) is 2. The van der Waals surface area contributed by atoms with Crippen LogP contribution < -0.4 is 10.0 Å². The van der Waals surface area contributed by atoms with Gasteiger partial charge in [-0.3, -0.25) is 14.3 Å². The van der Waals surface area contributed by atoms with Gasteiger partial charge in [-0.1, -0.05) is 25.0 Å². The van der Waals surface area contributed by atoms with Crippen molar-refractivity contribution in [3.63, 3.8) is 0 Å². The summed E-state index contributed by atoms with van der Waals surface area (Å²) in [4.78, 5) is 23.8. The van der Waals surface area contributed by atoms with E-state index in [2.05, 4.69) is 10.0 Å². The minimum absolute atomic E-state index is 0.0472. The van der Waals surface area contributed by atoms with Crippen LogP contribution in [0.25, 0.3) is 0 Å². The highest BCUT2D eigenvalue weighted by Gasteiger charge is 2.33. The first-order valence-corrected chi connectivity index (χ1v) is 9.76. The number of carbonyl (C=O) groups is 2. The molecule has 0 aliphatic heterocycles. The van der Waals surface area contributed by atoms with E-state index in [4.69, 9.17) is 5.26 Å². The zero-order chi connectivity index (χ0) is 18.4. The van der Waals surface area contributed by atoms with Crippen LogP contribution >= 0.6 is 0 Å². The van der Waals surface area contributed by atoms with E-state index in [-0.39, 0.29) is 17.6 Å². The summed E-state index contributed by atoms with van der Waals surface area (Å²) in [6, 6.07) is 7.22. The number of sulfonamides is 1. The summed E-state index contributed by atoms with van der Waals surface area (Å²) in [5.41, 5.74) is 0.897. The highest BCUT2D eigenvalue weighted by molar-refractivity contribution is 7.89. The van der Waals surface area contributed by atoms with Gasteiger partial charge in [-0.2, -0.15) is 5.26 Å². The highest BCUT2D eigenvalue weighted by Crippen LogP contribution is 2.28. The van der Waals surface area contributed by atoms with E-state index in [0.29, 0.717) is 11.1 Å². The number of hydrogen-bond acceptors (Lipinski definition) is 5. The van der Waals surface area contributed by atoms with Crippen molar-refractivity contribution in [2.45, 2.75) is 44.4 Å². The Morgan fingerprint density at radius 2 is 1.84 bits per heavy atom. The summed E-state index contributed by atoms with van der Waals surface area (Å²) >= 11 is 0. The number of nitrogens with zero attached hydrogens (tertiary/aromatic N) is 1. The normalized spacial score (nSPS) is 16.0. The van der Waals surface area contributed by atoms with Crippen LogP contribution in [0.1, 0.15) is 43.7 Å². The largest absolute Gasteiger partial charge is 0.344 e. The standard InChI is InChI=1S/C17H21N3O4S/c1-12(21)19-16(15-4-2-3-5-15)17(22)20-25(23,24)11-14-8-6-13(10-18)7-9-14/h6-9,15-16H,2-5,11H2,1H3,(H,19,21)(H,20,22). The zero-order valence-electron chi connectivity index (χ0n) is 14.0. The van der Waals surface area contributed by atoms with Gasteiger partial charge in [-0.15, -0.1) is 0 Å². The molecule has 1 aromatic carbocycles. The molecule has 0 bridgehead atoms. The van der Waals surface area contributed by atoms with Crippen LogP contribution in [0.15, 0.2) is 24.3 Å². The van der Waals surface area contributed by atoms with Crippen LogP contribution in [-0.2, 0) is 25.4 Å². The molecule has 8 heteroatoms. The monoisotopic (exact) mass is 363 g/mol. The molecule has 0 radical (unpaired) electrons. The van der Waals surface area contributed by atoms with E-state index in [1.807, 2.05) is 6.07 Å². The van der Waals surface area contributed by atoms with E-state index >= 15 is 0 Å². The highest BCUT2D eigenvalue weighted by atomic mass is 32.2. The lowest BCUT2D eigenvalue weighted by atomic mass is 9.97. The van der Waals surface area contributed by atoms with E-state index in [9.17, 15) is 18.0 Å². The molecule has 1 fully saturated rings. The van der Waals surface area contributed by atoms with Crippen LogP contribution in [0.3, 0.4) is 0 Å². The molecule has 2 rings (SSSR count). The molecular weight excluding hydrogens is 342 g/mol. The lowest BCUT2D eigenvalue weighted by molar-refractivity contribution is -0.128. The van der Waals surface area contributed by atoms with Gasteiger partial charge in [0.2, 0.25) is 15.9 Å². The molecule has 0 heterocycles. The maximum absolute atomic E-state index is 12.4. The van der Waals surface area contributed by atoms with Gasteiger partial charge in [0.15, 0.2) is 0 Å². The third-order valence-corrected chi connectivity index (χ3v) is 5.43. The van der Waals surface area contributed by atoms with Crippen molar-refractivity contribution in [2.24, 2.45) is 5.92 Å². The third-order valence-electron chi connectivity index (χ3n) is 4.21. The van der Waals surface area contributed by atoms with Crippen LogP contribution in [0, 0.1) is 17.2 Å². The minimum Gasteiger partial charge on any atom is -0.344 e. The molecule has 1 aliphatic carbocycles. The maximum atomic E-state index is 12.4. The molecule has 25 heavy (non-hydrogen) atoms. The predicted molar refractivity (Wildman–Crippen MR) is 91.5 cm³/mol. The van der Waals surface area contributed by atoms with Crippen molar-refractivity contribution < 1.29 is 18.0 Å². The van der Waals surface area contributed by atoms with Crippen molar-refractivity contribution >= 4 is 21.8 Å². The molecule has 1 aromatic rings. The molecule has 0 spiro atoms. The topological polar surface area (TPSA) is 116 Å². The molecule has 1 saturated carbocycles. The first-order valence-electron chi connectivity index (χ1n) is 8.11. The number of benzene rings is 1. The zero-order valence-corrected chi connectivity index (χ0v) is 14.8. The fourth-order valence-electron chi connectivity index (χ4n) is 3.05. The van der Waals surface area contributed by atoms with Crippen molar-refractivity contribution in [1.29, 1.82) is 5.26 Å². The third kappa shape index (κ3) is 5.57. The summed E-state index contributed by atoms with van der Waals surface area (Å²) < 4.78 is 26.6. The number of nitriles is 1. The molecule has 134 valence electrons. The number of amides is 2. The van der Waals surface area contributed by atoms with Gasteiger partial charge in [0, 0.05) is 6.92 Å². The van der Waals surface area contributed by atoms with Crippen LogP contribution in [0.5, 0.6) is 0 Å². The second-order valence-electron chi connectivity index (χ2n) is 6.26. The summed E-state index contributed by atoms with van der Waals surface area (Å²) in [5, 5.41) is 11.3. The Kier molecular flexibility index (Phi) is 6.15. The molecule has 1 aliphatic rings. The van der Waals surface area contributed by atoms with E-state index in [0.717, 1.165) is 25.7 Å². The van der Waals surface area contributed by atoms with Gasteiger partial charge < -0.3 is 5.32 Å². The van der Waals surface area contributed by atoms with Gasteiger partial charge in [0.1, 0.15) is 6.04 Å². The summed E-state index contributed by atoms with van der Waals surface area (Å²) in [7, 11) is -3.90. The molecule has 0 saturated heterocycles. The minimum atomic E-state index is -3.90. The Hall–Kier alpha value is -2.40. The number of carbonyl (C=O) groups excluding carboxylic acids is 2. The van der Waals surface area contributed by atoms with E-state index < -0.39 is 22.0 Å². The molecule has 0 aromatic heterocycles. The fraction of sp³-hybridized carbons (Fsp3) is 0.471. The Morgan fingerprint density at radius 1 is 1.24 bits per heavy atom. The molecular formula is C17H21N3O4S. The first-order chi connectivity index (χ1) is 11.8. The average molecular weight is 363 g/mol. The Balaban J connectivity index is 2.06. The lowest BCUT2D eigenvalue weighted by Gasteiger charge is -2.23. The summed E-state index contributed by atoms with van der Waals surface area (Å²) in [5.74, 6) is -1.48. The van der Waals surface area contributed by atoms with Crippen molar-refractivity contribution in [2.75, 3.05) is 0 Å². The fourth-order valence-corrected chi connectivity index (χ4v) is 4.19. The van der Waals surface area contributed by atoms with Gasteiger partial charge >= 0.3 is 0 Å². The SMILES string of the molecule is CC(=O)NC(C(=O)NS(=O)(=O)Cc1ccc(C#N)cc1)C1CCCC1. The quantitative estimate of drug-likeness (QED) is 0.788. The summed E-state index contributed by atoms with van der Waals surface area (Å²) in [6.45, 7) is 1.31. The Labute approximate surface area is 147 Å². The van der Waals surface area contributed by atoms with Crippen LogP contribution in [0.2, 0.25) is 0 Å². The van der Waals surface area contributed by atoms with E-state index in [1.54, 1.807) is 0 Å². The average Bonchev–Trinajstić information content (AvgIpc) is 3.06. The lowest BCUT2D eigenvalue weighted by Crippen LogP contribution is -2.51. The predicted octanol–water partition coefficient (Wildman–Crippen LogP) is 1.20. The van der Waals surface area contributed by atoms with Gasteiger partial charge in [-0.25, -0.2) is 8.42 Å². The second-order valence-corrected chi connectivity index (χ2v) is 7.98. The van der Waals surface area contributed by atoms with Crippen LogP contribution in [0.4, 0.5) is 0 Å². The molecule has 1 unspecified atom stereocenters.